The molecular weight excluding hydrogens is 276 g/mol. The molecule has 0 spiro atoms. The summed E-state index contributed by atoms with van der Waals surface area (Å²) in [6.07, 6.45) is 0. The Morgan fingerprint density at radius 2 is 1.90 bits per heavy atom. The second-order valence-corrected chi connectivity index (χ2v) is 7.30. The molecule has 1 atom stereocenters. The van der Waals surface area contributed by atoms with E-state index in [4.69, 9.17) is 4.74 Å². The van der Waals surface area contributed by atoms with Crippen LogP contribution in [0.1, 0.15) is 26.3 Å². The molecule has 0 aliphatic carbocycles. The van der Waals surface area contributed by atoms with Crippen molar-refractivity contribution in [3.63, 3.8) is 0 Å². The van der Waals surface area contributed by atoms with Gasteiger partial charge in [0.25, 0.3) is 0 Å². The molecule has 114 valence electrons. The maximum absolute atomic E-state index is 12.2. The van der Waals surface area contributed by atoms with E-state index in [1.807, 2.05) is 20.8 Å². The summed E-state index contributed by atoms with van der Waals surface area (Å²) in [5.74, 6) is 0.708. The van der Waals surface area contributed by atoms with E-state index < -0.39 is 15.3 Å². The van der Waals surface area contributed by atoms with Crippen LogP contribution in [0.4, 0.5) is 5.69 Å². The Labute approximate surface area is 121 Å². The van der Waals surface area contributed by atoms with Gasteiger partial charge in [0.1, 0.15) is 5.75 Å². The molecule has 1 aromatic carbocycles. The summed E-state index contributed by atoms with van der Waals surface area (Å²) in [4.78, 5) is 0. The van der Waals surface area contributed by atoms with Crippen molar-refractivity contribution in [2.45, 2.75) is 39.0 Å². The first-order valence-electron chi connectivity index (χ1n) is 6.66. The van der Waals surface area contributed by atoms with E-state index in [-0.39, 0.29) is 6.04 Å². The molecule has 5 nitrogen and oxygen atoms in total. The fourth-order valence-corrected chi connectivity index (χ4v) is 2.70. The molecule has 0 amide bonds. The predicted molar refractivity (Wildman–Crippen MR) is 82.9 cm³/mol. The second kappa shape index (κ2) is 6.95. The van der Waals surface area contributed by atoms with Gasteiger partial charge in [0.05, 0.1) is 18.0 Å². The zero-order valence-corrected chi connectivity index (χ0v) is 13.5. The molecule has 0 saturated heterocycles. The third kappa shape index (κ3) is 4.68. The normalized spacial score (nSPS) is 13.3. The molecule has 1 aromatic rings. The highest BCUT2D eigenvalue weighted by Crippen LogP contribution is 2.22. The highest BCUT2D eigenvalue weighted by molar-refractivity contribution is 7.93. The van der Waals surface area contributed by atoms with Gasteiger partial charge in [-0.2, -0.15) is 0 Å². The van der Waals surface area contributed by atoms with Crippen LogP contribution < -0.4 is 14.8 Å². The van der Waals surface area contributed by atoms with Crippen molar-refractivity contribution in [3.8, 4) is 5.75 Å². The molecule has 0 saturated carbocycles. The number of hydrogen-bond donors (Lipinski definition) is 2. The number of ether oxygens (including phenoxy) is 1. The van der Waals surface area contributed by atoms with Gasteiger partial charge in [-0.05, 0) is 37.6 Å². The number of benzene rings is 1. The monoisotopic (exact) mass is 300 g/mol. The Hall–Kier alpha value is -1.27. The Kier molecular flexibility index (Phi) is 5.83. The zero-order chi connectivity index (χ0) is 15.3. The third-order valence-electron chi connectivity index (χ3n) is 3.03. The molecule has 0 aliphatic rings. The van der Waals surface area contributed by atoms with Crippen LogP contribution in [0.5, 0.6) is 5.75 Å². The van der Waals surface area contributed by atoms with Gasteiger partial charge in [-0.3, -0.25) is 4.72 Å². The molecule has 1 rings (SSSR count). The van der Waals surface area contributed by atoms with Crippen LogP contribution in [0.25, 0.3) is 0 Å². The van der Waals surface area contributed by atoms with Gasteiger partial charge >= 0.3 is 0 Å². The van der Waals surface area contributed by atoms with Crippen LogP contribution >= 0.6 is 0 Å². The first-order chi connectivity index (χ1) is 9.26. The van der Waals surface area contributed by atoms with Crippen LogP contribution in [0.3, 0.4) is 0 Å². The predicted octanol–water partition coefficient (Wildman–Crippen LogP) is 2.13. The summed E-state index contributed by atoms with van der Waals surface area (Å²) in [5.41, 5.74) is 1.42. The minimum Gasteiger partial charge on any atom is -0.497 e. The van der Waals surface area contributed by atoms with Crippen LogP contribution in [0, 0.1) is 6.92 Å². The van der Waals surface area contributed by atoms with E-state index in [1.54, 1.807) is 32.2 Å². The summed E-state index contributed by atoms with van der Waals surface area (Å²) in [7, 11) is -1.82. The topological polar surface area (TPSA) is 67.4 Å². The lowest BCUT2D eigenvalue weighted by atomic mass is 10.2. The van der Waals surface area contributed by atoms with Gasteiger partial charge in [0.15, 0.2) is 0 Å². The van der Waals surface area contributed by atoms with Gasteiger partial charge in [-0.15, -0.1) is 0 Å². The number of aryl methyl sites for hydroxylation is 1. The van der Waals surface area contributed by atoms with Gasteiger partial charge in [0.2, 0.25) is 10.0 Å². The summed E-state index contributed by atoms with van der Waals surface area (Å²) in [6, 6.07) is 5.51. The highest BCUT2D eigenvalue weighted by atomic mass is 32.2. The van der Waals surface area contributed by atoms with E-state index in [2.05, 4.69) is 10.0 Å². The van der Waals surface area contributed by atoms with Crippen molar-refractivity contribution in [2.24, 2.45) is 0 Å². The smallest absolute Gasteiger partial charge is 0.236 e. The number of anilines is 1. The Morgan fingerprint density at radius 3 is 2.40 bits per heavy atom. The molecule has 0 aliphatic heterocycles. The van der Waals surface area contributed by atoms with Crippen molar-refractivity contribution in [1.82, 2.24) is 5.32 Å². The fraction of sp³-hybridized carbons (Fsp3) is 0.571. The highest BCUT2D eigenvalue weighted by Gasteiger charge is 2.21. The zero-order valence-electron chi connectivity index (χ0n) is 12.7. The van der Waals surface area contributed by atoms with Crippen molar-refractivity contribution < 1.29 is 13.2 Å². The molecule has 0 aromatic heterocycles. The fourth-order valence-electron chi connectivity index (χ4n) is 1.64. The molecular formula is C14H24N2O3S. The molecule has 1 unspecified atom stereocenters. The van der Waals surface area contributed by atoms with Crippen molar-refractivity contribution in [1.29, 1.82) is 0 Å². The number of rotatable bonds is 7. The Morgan fingerprint density at radius 1 is 1.25 bits per heavy atom. The first-order valence-corrected chi connectivity index (χ1v) is 8.20. The van der Waals surface area contributed by atoms with Crippen molar-refractivity contribution in [3.05, 3.63) is 23.8 Å². The minimum atomic E-state index is -3.40. The minimum absolute atomic E-state index is 0.260. The molecule has 0 fully saturated rings. The van der Waals surface area contributed by atoms with Crippen LogP contribution in [0.15, 0.2) is 18.2 Å². The average Bonchev–Trinajstić information content (AvgIpc) is 2.37. The van der Waals surface area contributed by atoms with Gasteiger partial charge in [0, 0.05) is 12.6 Å². The molecule has 0 heterocycles. The number of sulfonamides is 1. The first kappa shape index (κ1) is 16.8. The maximum atomic E-state index is 12.2. The van der Waals surface area contributed by atoms with Crippen LogP contribution in [0.2, 0.25) is 0 Å². The van der Waals surface area contributed by atoms with Crippen molar-refractivity contribution >= 4 is 15.7 Å². The Bertz CT molecular complexity index is 541. The standard InChI is InChI=1S/C14H24N2O3S/c1-10(2)15-9-12(4)20(17,18)16-14-7-6-13(19-5)8-11(14)3/h6-8,10,12,15-16H,9H2,1-5H3. The van der Waals surface area contributed by atoms with Gasteiger partial charge < -0.3 is 10.1 Å². The molecule has 0 bridgehead atoms. The van der Waals surface area contributed by atoms with E-state index in [0.29, 0.717) is 18.0 Å². The number of nitrogens with one attached hydrogen (secondary N) is 2. The summed E-state index contributed by atoms with van der Waals surface area (Å²) in [6.45, 7) is 7.93. The number of hydrogen-bond acceptors (Lipinski definition) is 4. The largest absolute Gasteiger partial charge is 0.497 e. The lowest BCUT2D eigenvalue weighted by Gasteiger charge is -2.18. The SMILES string of the molecule is COc1ccc(NS(=O)(=O)C(C)CNC(C)C)c(C)c1. The molecule has 2 N–H and O–H groups in total. The number of methoxy groups -OCH3 is 1. The van der Waals surface area contributed by atoms with Crippen LogP contribution in [-0.4, -0.2) is 33.4 Å². The Balaban J connectivity index is 2.80. The van der Waals surface area contributed by atoms with E-state index in [1.165, 1.54) is 0 Å². The molecule has 6 heteroatoms. The van der Waals surface area contributed by atoms with E-state index in [0.717, 1.165) is 5.56 Å². The van der Waals surface area contributed by atoms with Crippen molar-refractivity contribution in [2.75, 3.05) is 18.4 Å². The van der Waals surface area contributed by atoms with E-state index in [9.17, 15) is 8.42 Å². The summed E-state index contributed by atoms with van der Waals surface area (Å²) < 4.78 is 32.2. The summed E-state index contributed by atoms with van der Waals surface area (Å²) in [5, 5.41) is 2.62. The van der Waals surface area contributed by atoms with Gasteiger partial charge in [-0.25, -0.2) is 8.42 Å². The van der Waals surface area contributed by atoms with Gasteiger partial charge in [-0.1, -0.05) is 13.8 Å². The van der Waals surface area contributed by atoms with E-state index >= 15 is 0 Å². The molecule has 20 heavy (non-hydrogen) atoms. The quantitative estimate of drug-likeness (QED) is 0.809. The average molecular weight is 300 g/mol. The second-order valence-electron chi connectivity index (χ2n) is 5.20. The molecule has 0 radical (unpaired) electrons. The summed E-state index contributed by atoms with van der Waals surface area (Å²) >= 11 is 0. The lowest BCUT2D eigenvalue weighted by molar-refractivity contribution is 0.414. The third-order valence-corrected chi connectivity index (χ3v) is 4.76. The maximum Gasteiger partial charge on any atom is 0.236 e. The van der Waals surface area contributed by atoms with Crippen LogP contribution in [-0.2, 0) is 10.0 Å². The lowest BCUT2D eigenvalue weighted by Crippen LogP contribution is -2.37.